The van der Waals surface area contributed by atoms with E-state index in [1.54, 1.807) is 13.0 Å². The highest BCUT2D eigenvalue weighted by Gasteiger charge is 2.23. The van der Waals surface area contributed by atoms with Crippen molar-refractivity contribution < 1.29 is 9.90 Å². The van der Waals surface area contributed by atoms with Gasteiger partial charge in [-0.05, 0) is 44.4 Å². The fraction of sp³-hybridized carbons (Fsp3) is 0.400. The highest BCUT2D eigenvalue weighted by molar-refractivity contribution is 14.0. The first kappa shape index (κ1) is 24.4. The fourth-order valence-electron chi connectivity index (χ4n) is 2.48. The van der Waals surface area contributed by atoms with Crippen LogP contribution in [0.5, 0.6) is 0 Å². The molecular weight excluding hydrogens is 487 g/mol. The molecule has 0 aliphatic rings. The van der Waals surface area contributed by atoms with E-state index in [0.717, 1.165) is 10.4 Å². The third-order valence-electron chi connectivity index (χ3n) is 3.92. The minimum Gasteiger partial charge on any atom is -0.383 e. The molecule has 0 bridgehead atoms. The minimum absolute atomic E-state index is 0. The molecule has 1 aromatic heterocycles. The van der Waals surface area contributed by atoms with Crippen LogP contribution in [0.3, 0.4) is 0 Å². The number of nitrogens with zero attached hydrogens (tertiary/aromatic N) is 1. The molecule has 0 radical (unpaired) electrons. The molecule has 154 valence electrons. The van der Waals surface area contributed by atoms with E-state index in [-0.39, 0.29) is 36.4 Å². The van der Waals surface area contributed by atoms with Crippen molar-refractivity contribution in [1.82, 2.24) is 16.0 Å². The van der Waals surface area contributed by atoms with E-state index in [2.05, 4.69) is 20.9 Å². The van der Waals surface area contributed by atoms with Crippen LogP contribution in [0.1, 0.15) is 34.6 Å². The molecule has 28 heavy (non-hydrogen) atoms. The third kappa shape index (κ3) is 7.76. The Labute approximate surface area is 187 Å². The van der Waals surface area contributed by atoms with Crippen LogP contribution < -0.4 is 16.0 Å². The van der Waals surface area contributed by atoms with Crippen LogP contribution in [0.15, 0.2) is 46.8 Å². The number of thiophene rings is 1. The van der Waals surface area contributed by atoms with Crippen LogP contribution in [0.4, 0.5) is 0 Å². The van der Waals surface area contributed by atoms with Gasteiger partial charge in [-0.25, -0.2) is 4.99 Å². The van der Waals surface area contributed by atoms with Crippen LogP contribution in [0.2, 0.25) is 0 Å². The second-order valence-electron chi connectivity index (χ2n) is 6.50. The van der Waals surface area contributed by atoms with E-state index < -0.39 is 5.60 Å². The van der Waals surface area contributed by atoms with E-state index in [4.69, 9.17) is 0 Å². The topological polar surface area (TPSA) is 85.8 Å². The second kappa shape index (κ2) is 12.0. The number of nitrogens with one attached hydrogen (secondary N) is 3. The summed E-state index contributed by atoms with van der Waals surface area (Å²) in [5.41, 5.74) is 0.707. The van der Waals surface area contributed by atoms with Crippen molar-refractivity contribution in [2.45, 2.75) is 26.4 Å². The van der Waals surface area contributed by atoms with Gasteiger partial charge in [-0.1, -0.05) is 23.8 Å². The van der Waals surface area contributed by atoms with E-state index in [1.807, 2.05) is 49.6 Å². The zero-order valence-corrected chi connectivity index (χ0v) is 19.6. The van der Waals surface area contributed by atoms with Gasteiger partial charge in [-0.2, -0.15) is 0 Å². The summed E-state index contributed by atoms with van der Waals surface area (Å²) in [5, 5.41) is 21.7. The number of aryl methyl sites for hydroxylation is 1. The van der Waals surface area contributed by atoms with Gasteiger partial charge in [0.2, 0.25) is 0 Å². The Balaban J connectivity index is 0.00000392. The first-order valence-electron chi connectivity index (χ1n) is 9.06. The van der Waals surface area contributed by atoms with E-state index in [1.165, 1.54) is 11.3 Å². The maximum atomic E-state index is 12.1. The van der Waals surface area contributed by atoms with E-state index in [9.17, 15) is 9.90 Å². The van der Waals surface area contributed by atoms with Gasteiger partial charge in [0.15, 0.2) is 5.96 Å². The molecule has 1 atom stereocenters. The van der Waals surface area contributed by atoms with Gasteiger partial charge >= 0.3 is 0 Å². The average molecular weight is 516 g/mol. The molecule has 8 heteroatoms. The Bertz CT molecular complexity index is 763. The predicted octanol–water partition coefficient (Wildman–Crippen LogP) is 2.87. The molecule has 2 aromatic rings. The Morgan fingerprint density at radius 3 is 2.57 bits per heavy atom. The maximum absolute atomic E-state index is 12.1. The summed E-state index contributed by atoms with van der Waals surface area (Å²) in [5.74, 6) is 0.516. The zero-order chi connectivity index (χ0) is 19.7. The smallest absolute Gasteiger partial charge is 0.251 e. The highest BCUT2D eigenvalue weighted by atomic mass is 127. The molecule has 1 amide bonds. The molecule has 4 N–H and O–H groups in total. The standard InChI is InChI=1S/C20H28N4O2S.HI/c1-4-21-19(24-14-20(3,26)17-9-6-12-27-17)23-11-10-22-18(25)16-8-5-7-15(2)13-16;/h5-9,12-13,26H,4,10-11,14H2,1-3H3,(H,22,25)(H2,21,23,24);1H. The van der Waals surface area contributed by atoms with Crippen LogP contribution in [0.25, 0.3) is 0 Å². The lowest BCUT2D eigenvalue weighted by Crippen LogP contribution is -2.42. The van der Waals surface area contributed by atoms with Crippen molar-refractivity contribution in [2.75, 3.05) is 26.2 Å². The monoisotopic (exact) mass is 516 g/mol. The van der Waals surface area contributed by atoms with Crippen molar-refractivity contribution >= 4 is 47.2 Å². The van der Waals surface area contributed by atoms with E-state index in [0.29, 0.717) is 31.2 Å². The molecule has 0 spiro atoms. The molecular formula is C20H29IN4O2S. The first-order valence-corrected chi connectivity index (χ1v) is 9.94. The number of hydrogen-bond donors (Lipinski definition) is 4. The number of aliphatic hydroxyl groups is 1. The molecule has 0 saturated carbocycles. The van der Waals surface area contributed by atoms with Gasteiger partial charge in [0, 0.05) is 30.1 Å². The molecule has 0 aliphatic heterocycles. The van der Waals surface area contributed by atoms with Crippen molar-refractivity contribution in [1.29, 1.82) is 0 Å². The van der Waals surface area contributed by atoms with Gasteiger partial charge in [0.1, 0.15) is 5.60 Å². The van der Waals surface area contributed by atoms with Crippen molar-refractivity contribution in [3.05, 3.63) is 57.8 Å². The number of halogens is 1. The lowest BCUT2D eigenvalue weighted by atomic mass is 10.1. The Hall–Kier alpha value is -1.65. The first-order chi connectivity index (χ1) is 12.9. The number of carbonyl (C=O) groups is 1. The van der Waals surface area contributed by atoms with Crippen molar-refractivity contribution in [3.8, 4) is 0 Å². The van der Waals surface area contributed by atoms with Gasteiger partial charge in [0.05, 0.1) is 6.54 Å². The van der Waals surface area contributed by atoms with Gasteiger partial charge in [-0.3, -0.25) is 4.79 Å². The van der Waals surface area contributed by atoms with Gasteiger partial charge in [-0.15, -0.1) is 35.3 Å². The molecule has 0 aliphatic carbocycles. The number of amides is 1. The molecule has 0 saturated heterocycles. The largest absolute Gasteiger partial charge is 0.383 e. The Morgan fingerprint density at radius 2 is 1.93 bits per heavy atom. The summed E-state index contributed by atoms with van der Waals surface area (Å²) >= 11 is 1.51. The van der Waals surface area contributed by atoms with E-state index >= 15 is 0 Å². The minimum atomic E-state index is -1.00. The quantitative estimate of drug-likeness (QED) is 0.188. The summed E-state index contributed by atoms with van der Waals surface area (Å²) in [6, 6.07) is 11.3. The third-order valence-corrected chi connectivity index (χ3v) is 5.05. The lowest BCUT2D eigenvalue weighted by Gasteiger charge is -2.20. The SMILES string of the molecule is CCNC(=NCC(C)(O)c1cccs1)NCCNC(=O)c1cccc(C)c1.I. The summed E-state index contributed by atoms with van der Waals surface area (Å²) < 4.78 is 0. The van der Waals surface area contributed by atoms with Gasteiger partial charge in [0.25, 0.3) is 5.91 Å². The predicted molar refractivity (Wildman–Crippen MR) is 127 cm³/mol. The summed E-state index contributed by atoms with van der Waals surface area (Å²) in [4.78, 5) is 17.5. The lowest BCUT2D eigenvalue weighted by molar-refractivity contribution is 0.0711. The molecule has 1 unspecified atom stereocenters. The van der Waals surface area contributed by atoms with Crippen molar-refractivity contribution in [3.63, 3.8) is 0 Å². The molecule has 2 rings (SSSR count). The highest BCUT2D eigenvalue weighted by Crippen LogP contribution is 2.25. The van der Waals surface area contributed by atoms with Gasteiger partial charge < -0.3 is 21.1 Å². The Morgan fingerprint density at radius 1 is 1.18 bits per heavy atom. The number of carbonyl (C=O) groups excluding carboxylic acids is 1. The molecule has 6 nitrogen and oxygen atoms in total. The summed E-state index contributed by atoms with van der Waals surface area (Å²) in [6.45, 7) is 7.66. The van der Waals surface area contributed by atoms with Crippen LogP contribution in [-0.2, 0) is 5.60 Å². The van der Waals surface area contributed by atoms with Crippen LogP contribution >= 0.6 is 35.3 Å². The maximum Gasteiger partial charge on any atom is 0.251 e. The molecule has 0 fully saturated rings. The number of guanidine groups is 1. The Kier molecular flexibility index (Phi) is 10.5. The summed E-state index contributed by atoms with van der Waals surface area (Å²) in [6.07, 6.45) is 0. The number of rotatable bonds is 8. The zero-order valence-electron chi connectivity index (χ0n) is 16.5. The average Bonchev–Trinajstić information content (AvgIpc) is 3.18. The van der Waals surface area contributed by atoms with Crippen molar-refractivity contribution in [2.24, 2.45) is 4.99 Å². The van der Waals surface area contributed by atoms with Crippen LogP contribution in [0, 0.1) is 6.92 Å². The van der Waals surface area contributed by atoms with Crippen LogP contribution in [-0.4, -0.2) is 43.2 Å². The second-order valence-corrected chi connectivity index (χ2v) is 7.45. The molecule has 1 heterocycles. The normalized spacial score (nSPS) is 13.2. The summed E-state index contributed by atoms with van der Waals surface area (Å²) in [7, 11) is 0. The number of benzene rings is 1. The fourth-order valence-corrected chi connectivity index (χ4v) is 3.26. The number of hydrogen-bond acceptors (Lipinski definition) is 4. The molecule has 1 aromatic carbocycles. The number of aliphatic imine (C=N–C) groups is 1.